The van der Waals surface area contributed by atoms with Gasteiger partial charge in [0.2, 0.25) is 10.0 Å². The lowest BCUT2D eigenvalue weighted by Gasteiger charge is -2.21. The fraction of sp³-hybridized carbons (Fsp3) is 0.129. The van der Waals surface area contributed by atoms with Crippen molar-refractivity contribution < 1.29 is 22.7 Å². The third kappa shape index (κ3) is 7.58. The number of amides is 1. The number of sulfonamides is 1. The molecule has 0 aromatic heterocycles. The second-order valence-corrected chi connectivity index (χ2v) is 11.1. The number of methoxy groups -OCH3 is 1. The summed E-state index contributed by atoms with van der Waals surface area (Å²) in [6, 6.07) is 27.6. The second-order valence-electron chi connectivity index (χ2n) is 9.18. The molecular weight excluding hydrogens is 572 g/mol. The van der Waals surface area contributed by atoms with Crippen LogP contribution in [0.5, 0.6) is 11.5 Å². The molecule has 9 nitrogen and oxygen atoms in total. The molecule has 4 rings (SSSR count). The molecule has 0 bridgehead atoms. The van der Waals surface area contributed by atoms with Crippen molar-refractivity contribution in [3.63, 3.8) is 0 Å². The Morgan fingerprint density at radius 3 is 2.21 bits per heavy atom. The number of primary sulfonamides is 1. The van der Waals surface area contributed by atoms with Gasteiger partial charge in [0.25, 0.3) is 0 Å². The van der Waals surface area contributed by atoms with Crippen LogP contribution in [0.15, 0.2) is 107 Å². The van der Waals surface area contributed by atoms with Crippen LogP contribution in [0.4, 0.5) is 4.79 Å². The highest BCUT2D eigenvalue weighted by molar-refractivity contribution is 7.89. The van der Waals surface area contributed by atoms with E-state index in [1.165, 1.54) is 6.07 Å². The Morgan fingerprint density at radius 2 is 1.57 bits per heavy atom. The van der Waals surface area contributed by atoms with Gasteiger partial charge in [-0.25, -0.2) is 23.3 Å². The maximum absolute atomic E-state index is 13.0. The first kappa shape index (κ1) is 30.4. The van der Waals surface area contributed by atoms with Gasteiger partial charge in [0.15, 0.2) is 0 Å². The smallest absolute Gasteiger partial charge is 0.415 e. The zero-order chi connectivity index (χ0) is 30.3. The molecule has 0 unspecified atom stereocenters. The minimum Gasteiger partial charge on any atom is -0.497 e. The van der Waals surface area contributed by atoms with Crippen LogP contribution in [-0.4, -0.2) is 43.9 Å². The lowest BCUT2D eigenvalue weighted by Crippen LogP contribution is -2.33. The number of hydrogen-bond acceptors (Lipinski definition) is 6. The van der Waals surface area contributed by atoms with Crippen LogP contribution < -0.4 is 20.3 Å². The Morgan fingerprint density at radius 1 is 0.905 bits per heavy atom. The monoisotopic (exact) mass is 602 g/mol. The molecule has 0 radical (unpaired) electrons. The third-order valence-electron chi connectivity index (χ3n) is 6.36. The predicted molar refractivity (Wildman–Crippen MR) is 167 cm³/mol. The lowest BCUT2D eigenvalue weighted by molar-refractivity contribution is 0.152. The van der Waals surface area contributed by atoms with Crippen molar-refractivity contribution in [1.29, 1.82) is 0 Å². The van der Waals surface area contributed by atoms with E-state index in [2.05, 4.69) is 4.99 Å². The molecule has 42 heavy (non-hydrogen) atoms. The molecule has 0 spiro atoms. The molecule has 0 saturated heterocycles. The Labute approximate surface area is 250 Å². The van der Waals surface area contributed by atoms with Gasteiger partial charge in [-0.2, -0.15) is 0 Å². The second kappa shape index (κ2) is 13.4. The van der Waals surface area contributed by atoms with Crippen molar-refractivity contribution in [2.24, 2.45) is 15.9 Å². The molecule has 0 aliphatic rings. The highest BCUT2D eigenvalue weighted by Gasteiger charge is 2.17. The van der Waals surface area contributed by atoms with E-state index in [-0.39, 0.29) is 17.3 Å². The number of nitrogens with zero attached hydrogens (tertiary/aromatic N) is 2. The number of amidine groups is 1. The van der Waals surface area contributed by atoms with Crippen LogP contribution in [0.2, 0.25) is 0 Å². The van der Waals surface area contributed by atoms with E-state index >= 15 is 0 Å². The van der Waals surface area contributed by atoms with Crippen molar-refractivity contribution in [1.82, 2.24) is 4.90 Å². The molecular formula is C31H30N4O5S2. The van der Waals surface area contributed by atoms with Gasteiger partial charge in [-0.1, -0.05) is 60.7 Å². The van der Waals surface area contributed by atoms with Crippen molar-refractivity contribution in [2.75, 3.05) is 13.7 Å². The van der Waals surface area contributed by atoms with Crippen molar-refractivity contribution in [3.05, 3.63) is 114 Å². The van der Waals surface area contributed by atoms with Gasteiger partial charge in [0, 0.05) is 29.8 Å². The minimum atomic E-state index is -3.90. The first-order valence-corrected chi connectivity index (χ1v) is 14.9. The zero-order valence-electron chi connectivity index (χ0n) is 23.1. The Kier molecular flexibility index (Phi) is 9.68. The minimum absolute atomic E-state index is 0.0161. The van der Waals surface area contributed by atoms with E-state index in [9.17, 15) is 13.2 Å². The number of hydrogen-bond donors (Lipinski definition) is 2. The predicted octanol–water partition coefficient (Wildman–Crippen LogP) is 5.11. The summed E-state index contributed by atoms with van der Waals surface area (Å²) >= 11 is 5.44. The van der Waals surface area contributed by atoms with Gasteiger partial charge >= 0.3 is 6.09 Å². The molecule has 0 atom stereocenters. The van der Waals surface area contributed by atoms with Crippen LogP contribution in [0.25, 0.3) is 11.1 Å². The Balaban J connectivity index is 1.44. The highest BCUT2D eigenvalue weighted by atomic mass is 32.2. The molecule has 4 N–H and O–H groups in total. The first-order valence-electron chi connectivity index (χ1n) is 12.9. The maximum atomic E-state index is 13.0. The molecule has 1 amide bonds. The summed E-state index contributed by atoms with van der Waals surface area (Å²) in [7, 11) is -2.31. The maximum Gasteiger partial charge on any atom is 0.415 e. The molecule has 4 aromatic carbocycles. The average molecular weight is 603 g/mol. The quantitative estimate of drug-likeness (QED) is 0.154. The van der Waals surface area contributed by atoms with E-state index < -0.39 is 16.1 Å². The lowest BCUT2D eigenvalue weighted by atomic mass is 10.1. The molecule has 0 aliphatic heterocycles. The topological polar surface area (TPSA) is 137 Å². The molecule has 0 fully saturated rings. The molecule has 0 heterocycles. The normalized spacial score (nSPS) is 11.5. The number of rotatable bonds is 9. The number of aliphatic imine (C=N–C) groups is 1. The Hall–Kier alpha value is -4.58. The standard InChI is InChI=1S/C31H30N4O5S2/c1-3-35(31(36)40-26-17-11-22(12-18-26)27-9-4-5-10-28(27)42(33,37)38)20-21-7-6-8-24(19-21)29(32)34-30(41)23-13-15-25(39-2)16-14-23/h4-19H,3,20H2,1-2H3,(H2,32,34,41)(H2,33,37,38). The number of carbonyl (C=O) groups excluding carboxylic acids is 1. The average Bonchev–Trinajstić information content (AvgIpc) is 3.00. The molecule has 0 aliphatic carbocycles. The van der Waals surface area contributed by atoms with E-state index in [0.717, 1.165) is 11.1 Å². The first-order chi connectivity index (χ1) is 20.1. The van der Waals surface area contributed by atoms with Gasteiger partial charge < -0.3 is 20.1 Å². The van der Waals surface area contributed by atoms with Crippen LogP contribution in [0.3, 0.4) is 0 Å². The SMILES string of the molecule is CCN(Cc1cccc(C(N)=NC(=S)c2ccc(OC)cc2)c1)C(=O)Oc1ccc(-c2ccccc2S(N)(=O)=O)cc1. The summed E-state index contributed by atoms with van der Waals surface area (Å²) in [5.74, 6) is 1.29. The summed E-state index contributed by atoms with van der Waals surface area (Å²) in [5.41, 5.74) is 9.58. The van der Waals surface area contributed by atoms with Crippen LogP contribution in [0.1, 0.15) is 23.6 Å². The summed E-state index contributed by atoms with van der Waals surface area (Å²) in [6.45, 7) is 2.52. The summed E-state index contributed by atoms with van der Waals surface area (Å²) < 4.78 is 34.7. The van der Waals surface area contributed by atoms with Crippen LogP contribution in [-0.2, 0) is 16.6 Å². The number of thiocarbonyl (C=S) groups is 1. The summed E-state index contributed by atoms with van der Waals surface area (Å²) in [6.07, 6.45) is -0.539. The van der Waals surface area contributed by atoms with E-state index in [4.69, 9.17) is 32.6 Å². The van der Waals surface area contributed by atoms with E-state index in [0.29, 0.717) is 39.7 Å². The highest BCUT2D eigenvalue weighted by Crippen LogP contribution is 2.28. The summed E-state index contributed by atoms with van der Waals surface area (Å²) in [4.78, 5) is 19.3. The molecule has 11 heteroatoms. The van der Waals surface area contributed by atoms with Crippen LogP contribution in [0, 0.1) is 0 Å². The fourth-order valence-electron chi connectivity index (χ4n) is 4.15. The van der Waals surface area contributed by atoms with Crippen LogP contribution >= 0.6 is 12.2 Å². The fourth-order valence-corrected chi connectivity index (χ4v) is 5.14. The number of nitrogens with two attached hydrogens (primary N) is 2. The van der Waals surface area contributed by atoms with Gasteiger partial charge in [0.05, 0.1) is 12.0 Å². The van der Waals surface area contributed by atoms with E-state index in [1.807, 2.05) is 43.3 Å². The number of carbonyl (C=O) groups is 1. The Bertz CT molecular complexity index is 1720. The number of ether oxygens (including phenoxy) is 2. The van der Waals surface area contributed by atoms with Crippen molar-refractivity contribution >= 4 is 39.2 Å². The molecule has 216 valence electrons. The van der Waals surface area contributed by atoms with Gasteiger partial charge in [0.1, 0.15) is 22.3 Å². The van der Waals surface area contributed by atoms with Crippen molar-refractivity contribution in [3.8, 4) is 22.6 Å². The molecule has 0 saturated carbocycles. The van der Waals surface area contributed by atoms with Gasteiger partial charge in [-0.15, -0.1) is 0 Å². The molecule has 4 aromatic rings. The third-order valence-corrected chi connectivity index (χ3v) is 7.66. The van der Waals surface area contributed by atoms with Gasteiger partial charge in [-0.05, 0) is 66.6 Å². The largest absolute Gasteiger partial charge is 0.497 e. The van der Waals surface area contributed by atoms with Gasteiger partial charge in [-0.3, -0.25) is 0 Å². The summed E-state index contributed by atoms with van der Waals surface area (Å²) in [5, 5.41) is 5.36. The number of benzene rings is 4. The zero-order valence-corrected chi connectivity index (χ0v) is 24.7. The van der Waals surface area contributed by atoms with Crippen molar-refractivity contribution in [2.45, 2.75) is 18.4 Å². The van der Waals surface area contributed by atoms with E-state index in [1.54, 1.807) is 66.6 Å².